The van der Waals surface area contributed by atoms with E-state index in [0.29, 0.717) is 13.2 Å². The van der Waals surface area contributed by atoms with E-state index in [1.54, 1.807) is 12.1 Å². The van der Waals surface area contributed by atoms with Gasteiger partial charge in [0, 0.05) is 5.41 Å². The minimum atomic E-state index is -0.366. The van der Waals surface area contributed by atoms with Gasteiger partial charge in [-0.15, -0.1) is 0 Å². The Hall–Kier alpha value is -0.600. The second-order valence-electron chi connectivity index (χ2n) is 3.68. The van der Waals surface area contributed by atoms with Crippen LogP contribution < -0.4 is 0 Å². The molecule has 0 bridgehead atoms. The third kappa shape index (κ3) is 1.45. The van der Waals surface area contributed by atoms with Crippen molar-refractivity contribution in [3.05, 3.63) is 34.6 Å². The van der Waals surface area contributed by atoms with Gasteiger partial charge in [0.2, 0.25) is 0 Å². The number of rotatable bonds is 1. The maximum Gasteiger partial charge on any atom is 0.141 e. The van der Waals surface area contributed by atoms with Gasteiger partial charge in [-0.25, -0.2) is 4.39 Å². The third-order valence-electron chi connectivity index (χ3n) is 2.46. The van der Waals surface area contributed by atoms with Gasteiger partial charge in [-0.2, -0.15) is 0 Å². The van der Waals surface area contributed by atoms with Crippen LogP contribution in [0.2, 0.25) is 5.02 Å². The first-order valence-electron chi connectivity index (χ1n) is 4.15. The van der Waals surface area contributed by atoms with E-state index < -0.39 is 0 Å². The molecule has 1 nitrogen and oxygen atoms in total. The fraction of sp³-hybridized carbons (Fsp3) is 0.400. The van der Waals surface area contributed by atoms with Crippen LogP contribution >= 0.6 is 11.6 Å². The summed E-state index contributed by atoms with van der Waals surface area (Å²) < 4.78 is 18.0. The SMILES string of the molecule is CC1(c2ccc(F)c(Cl)c2)COC1. The Morgan fingerprint density at radius 1 is 1.46 bits per heavy atom. The van der Waals surface area contributed by atoms with Crippen LogP contribution in [0.15, 0.2) is 18.2 Å². The molecule has 0 atom stereocenters. The third-order valence-corrected chi connectivity index (χ3v) is 2.75. The second-order valence-corrected chi connectivity index (χ2v) is 4.09. The minimum absolute atomic E-state index is 0.0251. The minimum Gasteiger partial charge on any atom is -0.379 e. The summed E-state index contributed by atoms with van der Waals surface area (Å²) in [6.07, 6.45) is 0. The zero-order valence-corrected chi connectivity index (χ0v) is 8.07. The van der Waals surface area contributed by atoms with E-state index in [0.717, 1.165) is 5.56 Å². The van der Waals surface area contributed by atoms with Crippen LogP contribution in [0.25, 0.3) is 0 Å². The van der Waals surface area contributed by atoms with Crippen molar-refractivity contribution in [3.63, 3.8) is 0 Å². The Labute approximate surface area is 81.5 Å². The van der Waals surface area contributed by atoms with Gasteiger partial charge in [-0.1, -0.05) is 24.6 Å². The molecule has 3 heteroatoms. The Morgan fingerprint density at radius 3 is 2.62 bits per heavy atom. The average molecular weight is 201 g/mol. The zero-order chi connectivity index (χ0) is 9.47. The van der Waals surface area contributed by atoms with Crippen LogP contribution in [0.4, 0.5) is 4.39 Å². The molecule has 1 aliphatic rings. The van der Waals surface area contributed by atoms with Gasteiger partial charge in [0.15, 0.2) is 0 Å². The maximum atomic E-state index is 12.8. The molecule has 13 heavy (non-hydrogen) atoms. The molecule has 0 unspecified atom stereocenters. The Bertz CT molecular complexity index is 334. The van der Waals surface area contributed by atoms with E-state index in [1.165, 1.54) is 6.07 Å². The molecular weight excluding hydrogens is 191 g/mol. The fourth-order valence-electron chi connectivity index (χ4n) is 1.45. The van der Waals surface area contributed by atoms with Crippen molar-refractivity contribution in [1.29, 1.82) is 0 Å². The first-order valence-corrected chi connectivity index (χ1v) is 4.53. The van der Waals surface area contributed by atoms with Gasteiger partial charge < -0.3 is 4.74 Å². The highest BCUT2D eigenvalue weighted by Crippen LogP contribution is 2.33. The molecule has 1 fully saturated rings. The summed E-state index contributed by atoms with van der Waals surface area (Å²) >= 11 is 5.69. The molecule has 0 aliphatic carbocycles. The van der Waals surface area contributed by atoms with Crippen LogP contribution in [0.3, 0.4) is 0 Å². The highest BCUT2D eigenvalue weighted by atomic mass is 35.5. The van der Waals surface area contributed by atoms with Gasteiger partial charge in [-0.3, -0.25) is 0 Å². The summed E-state index contributed by atoms with van der Waals surface area (Å²) in [4.78, 5) is 0. The number of benzene rings is 1. The molecule has 0 spiro atoms. The van der Waals surface area contributed by atoms with E-state index in [-0.39, 0.29) is 16.3 Å². The standard InChI is InChI=1S/C10H10ClFO/c1-10(5-13-6-10)7-2-3-9(12)8(11)4-7/h2-4H,5-6H2,1H3. The Morgan fingerprint density at radius 2 is 2.15 bits per heavy atom. The summed E-state index contributed by atoms with van der Waals surface area (Å²) in [5.41, 5.74) is 1.07. The summed E-state index contributed by atoms with van der Waals surface area (Å²) in [6.45, 7) is 3.46. The molecule has 0 radical (unpaired) electrons. The van der Waals surface area contributed by atoms with Crippen molar-refractivity contribution in [2.24, 2.45) is 0 Å². The summed E-state index contributed by atoms with van der Waals surface area (Å²) in [6, 6.07) is 4.85. The van der Waals surface area contributed by atoms with Gasteiger partial charge in [0.05, 0.1) is 18.2 Å². The number of hydrogen-bond acceptors (Lipinski definition) is 1. The first-order chi connectivity index (χ1) is 6.12. The molecular formula is C10H10ClFO. The van der Waals surface area contributed by atoms with Crippen molar-refractivity contribution in [2.45, 2.75) is 12.3 Å². The summed E-state index contributed by atoms with van der Waals surface area (Å²) in [5.74, 6) is -0.366. The predicted octanol–water partition coefficient (Wildman–Crippen LogP) is 2.77. The molecule has 0 N–H and O–H groups in total. The van der Waals surface area contributed by atoms with Gasteiger partial charge in [-0.05, 0) is 17.7 Å². The second kappa shape index (κ2) is 2.96. The topological polar surface area (TPSA) is 9.23 Å². The normalized spacial score (nSPS) is 19.6. The summed E-state index contributed by atoms with van der Waals surface area (Å²) in [5, 5.41) is 0.186. The molecule has 1 heterocycles. The molecule has 1 aromatic carbocycles. The predicted molar refractivity (Wildman–Crippen MR) is 49.6 cm³/mol. The molecule has 1 aliphatic heterocycles. The quantitative estimate of drug-likeness (QED) is 0.678. The number of hydrogen-bond donors (Lipinski definition) is 0. The Kier molecular flexibility index (Phi) is 2.05. The van der Waals surface area contributed by atoms with Gasteiger partial charge >= 0.3 is 0 Å². The molecule has 1 saturated heterocycles. The zero-order valence-electron chi connectivity index (χ0n) is 7.31. The monoisotopic (exact) mass is 200 g/mol. The maximum absolute atomic E-state index is 12.8. The lowest BCUT2D eigenvalue weighted by molar-refractivity contribution is -0.0500. The summed E-state index contributed by atoms with van der Waals surface area (Å²) in [7, 11) is 0. The fourth-order valence-corrected chi connectivity index (χ4v) is 1.63. The first kappa shape index (κ1) is 8.97. The van der Waals surface area contributed by atoms with Crippen LogP contribution in [-0.2, 0) is 10.2 Å². The smallest absolute Gasteiger partial charge is 0.141 e. The van der Waals surface area contributed by atoms with Crippen molar-refractivity contribution < 1.29 is 9.13 Å². The highest BCUT2D eigenvalue weighted by Gasteiger charge is 2.35. The average Bonchev–Trinajstić information content (AvgIpc) is 2.06. The highest BCUT2D eigenvalue weighted by molar-refractivity contribution is 6.30. The van der Waals surface area contributed by atoms with Crippen LogP contribution in [-0.4, -0.2) is 13.2 Å². The number of ether oxygens (including phenoxy) is 1. The van der Waals surface area contributed by atoms with Crippen LogP contribution in [0.1, 0.15) is 12.5 Å². The van der Waals surface area contributed by atoms with E-state index in [2.05, 4.69) is 6.92 Å². The number of halogens is 2. The van der Waals surface area contributed by atoms with Crippen LogP contribution in [0, 0.1) is 5.82 Å². The van der Waals surface area contributed by atoms with E-state index in [4.69, 9.17) is 16.3 Å². The Balaban J connectivity index is 2.36. The lowest BCUT2D eigenvalue weighted by Gasteiger charge is -2.38. The molecule has 0 aromatic heterocycles. The lowest BCUT2D eigenvalue weighted by Crippen LogP contribution is -2.43. The van der Waals surface area contributed by atoms with Crippen molar-refractivity contribution in [3.8, 4) is 0 Å². The molecule has 0 saturated carbocycles. The van der Waals surface area contributed by atoms with E-state index >= 15 is 0 Å². The van der Waals surface area contributed by atoms with E-state index in [9.17, 15) is 4.39 Å². The van der Waals surface area contributed by atoms with Gasteiger partial charge in [0.25, 0.3) is 0 Å². The lowest BCUT2D eigenvalue weighted by atomic mass is 9.81. The largest absolute Gasteiger partial charge is 0.379 e. The van der Waals surface area contributed by atoms with Crippen molar-refractivity contribution in [2.75, 3.05) is 13.2 Å². The van der Waals surface area contributed by atoms with Crippen molar-refractivity contribution in [1.82, 2.24) is 0 Å². The van der Waals surface area contributed by atoms with E-state index in [1.807, 2.05) is 0 Å². The molecule has 2 rings (SSSR count). The van der Waals surface area contributed by atoms with Crippen molar-refractivity contribution >= 4 is 11.6 Å². The molecule has 1 aromatic rings. The van der Waals surface area contributed by atoms with Gasteiger partial charge in [0.1, 0.15) is 5.82 Å². The molecule has 70 valence electrons. The van der Waals surface area contributed by atoms with Crippen LogP contribution in [0.5, 0.6) is 0 Å². The molecule has 0 amide bonds.